The van der Waals surface area contributed by atoms with Crippen LogP contribution in [0.15, 0.2) is 60.9 Å². The molecule has 0 spiro atoms. The Morgan fingerprint density at radius 3 is 3.00 bits per heavy atom. The molecule has 0 saturated heterocycles. The van der Waals surface area contributed by atoms with E-state index in [1.54, 1.807) is 6.20 Å². The van der Waals surface area contributed by atoms with Crippen molar-refractivity contribution in [1.82, 2.24) is 9.97 Å². The first kappa shape index (κ1) is 22.0. The van der Waals surface area contributed by atoms with E-state index in [2.05, 4.69) is 82.7 Å². The lowest BCUT2D eigenvalue weighted by atomic mass is 9.98. The fourth-order valence-corrected chi connectivity index (χ4v) is 5.45. The van der Waals surface area contributed by atoms with Crippen molar-refractivity contribution in [3.63, 3.8) is 0 Å². The number of hydrogen-bond donors (Lipinski definition) is 3. The number of benzene rings is 2. The molecule has 35 heavy (non-hydrogen) atoms. The van der Waals surface area contributed by atoms with Crippen LogP contribution in [0.5, 0.6) is 5.75 Å². The smallest absolute Gasteiger partial charge is 0.145 e. The number of ether oxygens (including phenoxy) is 1. The third-order valence-corrected chi connectivity index (χ3v) is 7.61. The summed E-state index contributed by atoms with van der Waals surface area (Å²) in [5, 5.41) is 15.1. The number of H-pyrrole nitrogens is 1. The number of nitrogens with one attached hydrogen (secondary N) is 2. The van der Waals surface area contributed by atoms with Crippen LogP contribution in [0.4, 0.5) is 17.1 Å². The van der Waals surface area contributed by atoms with Crippen molar-refractivity contribution in [3.8, 4) is 5.75 Å². The second-order valence-electron chi connectivity index (χ2n) is 10.0. The van der Waals surface area contributed by atoms with Gasteiger partial charge in [-0.05, 0) is 68.0 Å². The molecule has 6 rings (SSSR count). The van der Waals surface area contributed by atoms with Gasteiger partial charge in [0.1, 0.15) is 11.4 Å². The SMILES string of the molecule is CCC1(C)CN(CCc2c[nH]c3ccccc23)c2ccc(Nc3ccnc4c3CCC4O)cc2O1. The molecule has 2 aromatic heterocycles. The van der Waals surface area contributed by atoms with Gasteiger partial charge in [0.25, 0.3) is 0 Å². The largest absolute Gasteiger partial charge is 0.483 e. The average Bonchev–Trinajstić information content (AvgIpc) is 3.46. The molecule has 0 bridgehead atoms. The summed E-state index contributed by atoms with van der Waals surface area (Å²) in [6, 6.07) is 16.9. The van der Waals surface area contributed by atoms with Crippen molar-refractivity contribution in [3.05, 3.63) is 77.7 Å². The Kier molecular flexibility index (Phi) is 5.41. The van der Waals surface area contributed by atoms with Crippen molar-refractivity contribution in [2.45, 2.75) is 51.2 Å². The zero-order valence-corrected chi connectivity index (χ0v) is 20.3. The molecule has 2 aromatic carbocycles. The van der Waals surface area contributed by atoms with E-state index in [4.69, 9.17) is 4.74 Å². The van der Waals surface area contributed by atoms with Crippen LogP contribution in [-0.2, 0) is 12.8 Å². The molecule has 2 aliphatic rings. The summed E-state index contributed by atoms with van der Waals surface area (Å²) < 4.78 is 6.55. The van der Waals surface area contributed by atoms with Crippen molar-refractivity contribution in [2.75, 3.05) is 23.3 Å². The summed E-state index contributed by atoms with van der Waals surface area (Å²) in [6.45, 7) is 6.18. The molecule has 1 aliphatic carbocycles. The van der Waals surface area contributed by atoms with Gasteiger partial charge in [0, 0.05) is 47.3 Å². The molecule has 2 unspecified atom stereocenters. The number of pyridine rings is 1. The van der Waals surface area contributed by atoms with E-state index in [9.17, 15) is 5.11 Å². The molecule has 2 atom stereocenters. The topological polar surface area (TPSA) is 73.4 Å². The van der Waals surface area contributed by atoms with Crippen molar-refractivity contribution >= 4 is 28.0 Å². The maximum Gasteiger partial charge on any atom is 0.145 e. The van der Waals surface area contributed by atoms with E-state index < -0.39 is 6.10 Å². The molecule has 3 heterocycles. The molecule has 0 fully saturated rings. The molecule has 6 nitrogen and oxygen atoms in total. The van der Waals surface area contributed by atoms with Crippen LogP contribution in [0, 0.1) is 0 Å². The van der Waals surface area contributed by atoms with Gasteiger partial charge in [-0.15, -0.1) is 0 Å². The van der Waals surface area contributed by atoms with Gasteiger partial charge in [0.05, 0.1) is 24.0 Å². The van der Waals surface area contributed by atoms with Crippen molar-refractivity contribution < 1.29 is 9.84 Å². The normalized spacial score (nSPS) is 21.0. The van der Waals surface area contributed by atoms with E-state index >= 15 is 0 Å². The van der Waals surface area contributed by atoms with E-state index in [1.807, 2.05) is 6.07 Å². The highest BCUT2D eigenvalue weighted by molar-refractivity contribution is 5.83. The van der Waals surface area contributed by atoms with Crippen LogP contribution in [0.3, 0.4) is 0 Å². The number of aromatic nitrogens is 2. The first-order valence-corrected chi connectivity index (χ1v) is 12.6. The summed E-state index contributed by atoms with van der Waals surface area (Å²) >= 11 is 0. The van der Waals surface area contributed by atoms with Crippen LogP contribution >= 0.6 is 0 Å². The van der Waals surface area contributed by atoms with Gasteiger partial charge in [-0.1, -0.05) is 25.1 Å². The summed E-state index contributed by atoms with van der Waals surface area (Å²) in [7, 11) is 0. The van der Waals surface area contributed by atoms with Crippen molar-refractivity contribution in [1.29, 1.82) is 0 Å². The number of aliphatic hydroxyl groups excluding tert-OH is 1. The second kappa shape index (κ2) is 8.61. The van der Waals surface area contributed by atoms with E-state index in [0.29, 0.717) is 0 Å². The molecule has 3 N–H and O–H groups in total. The van der Waals surface area contributed by atoms with Gasteiger partial charge in [0.15, 0.2) is 0 Å². The zero-order valence-electron chi connectivity index (χ0n) is 20.3. The van der Waals surface area contributed by atoms with Gasteiger partial charge in [-0.2, -0.15) is 0 Å². The maximum absolute atomic E-state index is 10.2. The van der Waals surface area contributed by atoms with Crippen LogP contribution in [-0.4, -0.2) is 33.8 Å². The molecule has 1 aliphatic heterocycles. The zero-order chi connectivity index (χ0) is 24.0. The van der Waals surface area contributed by atoms with Crippen LogP contribution in [0.2, 0.25) is 0 Å². The number of aliphatic hydroxyl groups is 1. The Morgan fingerprint density at radius 2 is 2.11 bits per heavy atom. The first-order chi connectivity index (χ1) is 17.0. The van der Waals surface area contributed by atoms with Crippen molar-refractivity contribution in [2.24, 2.45) is 0 Å². The number of rotatable bonds is 6. The van der Waals surface area contributed by atoms with Gasteiger partial charge < -0.3 is 25.0 Å². The summed E-state index contributed by atoms with van der Waals surface area (Å²) in [6.07, 6.45) is 6.92. The second-order valence-corrected chi connectivity index (χ2v) is 10.0. The predicted molar refractivity (Wildman–Crippen MR) is 141 cm³/mol. The maximum atomic E-state index is 10.2. The van der Waals surface area contributed by atoms with E-state index in [0.717, 1.165) is 72.8 Å². The number of aromatic amines is 1. The van der Waals surface area contributed by atoms with Crippen LogP contribution < -0.4 is 15.0 Å². The number of nitrogens with zero attached hydrogens (tertiary/aromatic N) is 2. The minimum absolute atomic E-state index is 0.242. The quantitative estimate of drug-likeness (QED) is 0.329. The fourth-order valence-electron chi connectivity index (χ4n) is 5.45. The molecule has 0 radical (unpaired) electrons. The Balaban J connectivity index is 1.27. The minimum Gasteiger partial charge on any atom is -0.483 e. The average molecular weight is 469 g/mol. The lowest BCUT2D eigenvalue weighted by Gasteiger charge is -2.42. The minimum atomic E-state index is -0.463. The van der Waals surface area contributed by atoms with Gasteiger partial charge in [0.2, 0.25) is 0 Å². The predicted octanol–water partition coefficient (Wildman–Crippen LogP) is 5.90. The number of hydrogen-bond acceptors (Lipinski definition) is 5. The Morgan fingerprint density at radius 1 is 1.23 bits per heavy atom. The van der Waals surface area contributed by atoms with Gasteiger partial charge in [-0.25, -0.2) is 0 Å². The van der Waals surface area contributed by atoms with Gasteiger partial charge in [-0.3, -0.25) is 4.98 Å². The summed E-state index contributed by atoms with van der Waals surface area (Å²) in [5.74, 6) is 0.912. The fraction of sp³-hybridized carbons (Fsp3) is 0.345. The molecule has 180 valence electrons. The monoisotopic (exact) mass is 468 g/mol. The Hall–Kier alpha value is -3.51. The molecule has 4 aromatic rings. The van der Waals surface area contributed by atoms with Crippen LogP contribution in [0.25, 0.3) is 10.9 Å². The summed E-state index contributed by atoms with van der Waals surface area (Å²) in [5.41, 5.74) is 7.33. The lowest BCUT2D eigenvalue weighted by molar-refractivity contribution is 0.0811. The number of fused-ring (bicyclic) bond motifs is 3. The first-order valence-electron chi connectivity index (χ1n) is 12.6. The third-order valence-electron chi connectivity index (χ3n) is 7.61. The van der Waals surface area contributed by atoms with Crippen LogP contribution in [0.1, 0.15) is 49.6 Å². The molecule has 6 heteroatoms. The molecule has 0 saturated carbocycles. The highest BCUT2D eigenvalue weighted by Gasteiger charge is 2.34. The third kappa shape index (κ3) is 4.02. The lowest BCUT2D eigenvalue weighted by Crippen LogP contribution is -2.49. The molecule has 0 amide bonds. The molecular weight excluding hydrogens is 436 g/mol. The number of anilines is 3. The Bertz CT molecular complexity index is 1380. The van der Waals surface area contributed by atoms with E-state index in [1.165, 1.54) is 16.5 Å². The van der Waals surface area contributed by atoms with Gasteiger partial charge >= 0.3 is 0 Å². The summed E-state index contributed by atoms with van der Waals surface area (Å²) in [4.78, 5) is 10.3. The number of para-hydroxylation sites is 1. The van der Waals surface area contributed by atoms with E-state index in [-0.39, 0.29) is 5.60 Å². The highest BCUT2D eigenvalue weighted by atomic mass is 16.5. The highest BCUT2D eigenvalue weighted by Crippen LogP contribution is 2.41. The molecular formula is C29H32N4O2. The Labute approximate surface area is 206 Å². The standard InChI is InChI=1S/C29H32N4O2/c1-3-29(2)18-33(15-13-19-17-31-23-7-5-4-6-21(19)23)25-10-8-20(16-27(25)35-29)32-24-12-14-30-28-22(24)9-11-26(28)34/h4-8,10,12,14,16-17,26,31,34H,3,9,11,13,15,18H2,1-2H3,(H,30,32).